The molecule has 2 nitrogen and oxygen atoms in total. The Bertz CT molecular complexity index is 365. The van der Waals surface area contributed by atoms with E-state index in [1.165, 1.54) is 71.0 Å². The van der Waals surface area contributed by atoms with E-state index >= 15 is 0 Å². The van der Waals surface area contributed by atoms with Crippen LogP contribution in [0.25, 0.3) is 0 Å². The zero-order valence-corrected chi connectivity index (χ0v) is 18.1. The second kappa shape index (κ2) is 10.3. The number of hydrogen-bond donors (Lipinski definition) is 0. The van der Waals surface area contributed by atoms with Gasteiger partial charge >= 0.3 is 0 Å². The second-order valence-electron chi connectivity index (χ2n) is 9.65. The van der Waals surface area contributed by atoms with Crippen LogP contribution in [0, 0.1) is 17.8 Å². The Morgan fingerprint density at radius 3 is 2.24 bits per heavy atom. The maximum Gasteiger partial charge on any atom is 0.0124 e. The number of likely N-dealkylation sites (tertiary alicyclic amines) is 2. The van der Waals surface area contributed by atoms with Crippen LogP contribution in [0.4, 0.5) is 0 Å². The predicted molar refractivity (Wildman–Crippen MR) is 111 cm³/mol. The maximum atomic E-state index is 2.80. The largest absolute Gasteiger partial charge is 0.300 e. The fraction of sp³-hybridized carbons (Fsp3) is 1.00. The summed E-state index contributed by atoms with van der Waals surface area (Å²) in [5.74, 6) is 2.58. The van der Waals surface area contributed by atoms with Gasteiger partial charge in [-0.3, -0.25) is 4.90 Å². The van der Waals surface area contributed by atoms with Gasteiger partial charge < -0.3 is 4.90 Å². The van der Waals surface area contributed by atoms with E-state index in [0.717, 1.165) is 29.8 Å². The molecule has 0 amide bonds. The van der Waals surface area contributed by atoms with Gasteiger partial charge in [0.1, 0.15) is 0 Å². The van der Waals surface area contributed by atoms with Gasteiger partial charge in [-0.05, 0) is 89.8 Å². The quantitative estimate of drug-likeness (QED) is 0.596. The molecule has 2 heteroatoms. The summed E-state index contributed by atoms with van der Waals surface area (Å²) in [4.78, 5) is 5.61. The second-order valence-corrected chi connectivity index (χ2v) is 9.65. The van der Waals surface area contributed by atoms with Crippen molar-refractivity contribution in [3.05, 3.63) is 0 Å². The molecule has 0 saturated carbocycles. The van der Waals surface area contributed by atoms with Crippen molar-refractivity contribution in [2.24, 2.45) is 17.8 Å². The third-order valence-electron chi connectivity index (χ3n) is 7.14. The topological polar surface area (TPSA) is 6.48 Å². The van der Waals surface area contributed by atoms with Crippen LogP contribution in [0.1, 0.15) is 92.9 Å². The molecule has 0 aromatic rings. The Kier molecular flexibility index (Phi) is 8.75. The van der Waals surface area contributed by atoms with Gasteiger partial charge in [-0.25, -0.2) is 0 Å². The number of hydrogen-bond acceptors (Lipinski definition) is 2. The first-order valence-electron chi connectivity index (χ1n) is 11.4. The highest BCUT2D eigenvalue weighted by Crippen LogP contribution is 2.34. The molecule has 0 aliphatic carbocycles. The van der Waals surface area contributed by atoms with Gasteiger partial charge in [0.05, 0.1) is 0 Å². The minimum atomic E-state index is 0.695. The minimum Gasteiger partial charge on any atom is -0.300 e. The Balaban J connectivity index is 2.00. The van der Waals surface area contributed by atoms with Crippen LogP contribution in [0.15, 0.2) is 0 Å². The molecule has 2 aliphatic heterocycles. The first-order chi connectivity index (χ1) is 11.9. The van der Waals surface area contributed by atoms with Crippen LogP contribution < -0.4 is 0 Å². The van der Waals surface area contributed by atoms with Gasteiger partial charge in [0.2, 0.25) is 0 Å². The molecule has 2 saturated heterocycles. The van der Waals surface area contributed by atoms with Crippen molar-refractivity contribution in [1.29, 1.82) is 0 Å². The first-order valence-corrected chi connectivity index (χ1v) is 11.4. The van der Waals surface area contributed by atoms with Gasteiger partial charge in [0.25, 0.3) is 0 Å². The standard InChI is InChI=1S/C23H46N2/c1-7-24-14-10-8-9-13-22(24)20(6)16-21-12-11-15-25(19(4)5)23(17-21)18(2)3/h18-23H,7-17H2,1-6H3. The van der Waals surface area contributed by atoms with Crippen LogP contribution in [0.5, 0.6) is 0 Å². The van der Waals surface area contributed by atoms with E-state index in [9.17, 15) is 0 Å². The zero-order chi connectivity index (χ0) is 18.4. The third kappa shape index (κ3) is 5.96. The van der Waals surface area contributed by atoms with Crippen molar-refractivity contribution >= 4 is 0 Å². The van der Waals surface area contributed by atoms with Crippen molar-refractivity contribution < 1.29 is 0 Å². The molecular weight excluding hydrogens is 304 g/mol. The Hall–Kier alpha value is -0.0800. The van der Waals surface area contributed by atoms with Crippen LogP contribution in [0.3, 0.4) is 0 Å². The molecule has 0 bridgehead atoms. The third-order valence-corrected chi connectivity index (χ3v) is 7.14. The molecule has 4 unspecified atom stereocenters. The highest BCUT2D eigenvalue weighted by atomic mass is 15.2. The molecule has 0 aromatic heterocycles. The normalized spacial score (nSPS) is 31.9. The summed E-state index contributed by atoms with van der Waals surface area (Å²) in [6, 6.07) is 2.33. The lowest BCUT2D eigenvalue weighted by molar-refractivity contribution is 0.104. The summed E-state index contributed by atoms with van der Waals surface area (Å²) >= 11 is 0. The van der Waals surface area contributed by atoms with Crippen molar-refractivity contribution in [1.82, 2.24) is 9.80 Å². The minimum absolute atomic E-state index is 0.695. The average Bonchev–Trinajstić information content (AvgIpc) is 2.92. The molecule has 2 rings (SSSR count). The lowest BCUT2D eigenvalue weighted by atomic mass is 9.81. The molecule has 2 fully saturated rings. The molecule has 0 radical (unpaired) electrons. The fourth-order valence-corrected chi connectivity index (χ4v) is 5.75. The summed E-state index contributed by atoms with van der Waals surface area (Å²) < 4.78 is 0. The SMILES string of the molecule is CCN1CCCCCC1C(C)CC1CCCN(C(C)C)C(C(C)C)C1. The molecule has 0 N–H and O–H groups in total. The summed E-state index contributed by atoms with van der Waals surface area (Å²) in [6.07, 6.45) is 11.5. The van der Waals surface area contributed by atoms with Crippen molar-refractivity contribution in [3.8, 4) is 0 Å². The van der Waals surface area contributed by atoms with Gasteiger partial charge in [-0.1, -0.05) is 40.5 Å². The van der Waals surface area contributed by atoms with Crippen molar-refractivity contribution in [3.63, 3.8) is 0 Å². The highest BCUT2D eigenvalue weighted by Gasteiger charge is 2.32. The molecule has 0 spiro atoms. The Morgan fingerprint density at radius 2 is 1.60 bits per heavy atom. The summed E-state index contributed by atoms with van der Waals surface area (Å²) in [5, 5.41) is 0. The summed E-state index contributed by atoms with van der Waals surface area (Å²) in [7, 11) is 0. The van der Waals surface area contributed by atoms with Gasteiger partial charge in [0.15, 0.2) is 0 Å². The molecular formula is C23H46N2. The van der Waals surface area contributed by atoms with Gasteiger partial charge in [-0.15, -0.1) is 0 Å². The van der Waals surface area contributed by atoms with Crippen molar-refractivity contribution in [2.45, 2.75) is 111 Å². The molecule has 2 heterocycles. The number of nitrogens with zero attached hydrogens (tertiary/aromatic N) is 2. The smallest absolute Gasteiger partial charge is 0.0124 e. The molecule has 2 aliphatic rings. The monoisotopic (exact) mass is 350 g/mol. The van der Waals surface area contributed by atoms with E-state index < -0.39 is 0 Å². The van der Waals surface area contributed by atoms with Crippen LogP contribution >= 0.6 is 0 Å². The summed E-state index contributed by atoms with van der Waals surface area (Å²) in [6.45, 7) is 18.5. The molecule has 25 heavy (non-hydrogen) atoms. The van der Waals surface area contributed by atoms with Crippen LogP contribution in [-0.2, 0) is 0 Å². The van der Waals surface area contributed by atoms with E-state index in [4.69, 9.17) is 0 Å². The first kappa shape index (κ1) is 21.2. The number of rotatable bonds is 6. The average molecular weight is 351 g/mol. The van der Waals surface area contributed by atoms with Gasteiger partial charge in [-0.2, -0.15) is 0 Å². The van der Waals surface area contributed by atoms with E-state index in [1.54, 1.807) is 0 Å². The molecule has 148 valence electrons. The van der Waals surface area contributed by atoms with Crippen LogP contribution in [-0.4, -0.2) is 47.6 Å². The van der Waals surface area contributed by atoms with Crippen molar-refractivity contribution in [2.75, 3.05) is 19.6 Å². The van der Waals surface area contributed by atoms with E-state index in [-0.39, 0.29) is 0 Å². The van der Waals surface area contributed by atoms with E-state index in [0.29, 0.717) is 6.04 Å². The predicted octanol–water partition coefficient (Wildman–Crippen LogP) is 5.81. The molecule has 4 atom stereocenters. The summed E-state index contributed by atoms with van der Waals surface area (Å²) in [5.41, 5.74) is 0. The van der Waals surface area contributed by atoms with E-state index in [2.05, 4.69) is 51.3 Å². The highest BCUT2D eigenvalue weighted by molar-refractivity contribution is 4.87. The Morgan fingerprint density at radius 1 is 0.840 bits per heavy atom. The Labute approximate surface area is 158 Å². The zero-order valence-electron chi connectivity index (χ0n) is 18.1. The lowest BCUT2D eigenvalue weighted by Crippen LogP contribution is -2.44. The maximum absolute atomic E-state index is 2.80. The molecule has 0 aromatic carbocycles. The lowest BCUT2D eigenvalue weighted by Gasteiger charge is -2.38. The van der Waals surface area contributed by atoms with E-state index in [1.807, 2.05) is 0 Å². The van der Waals surface area contributed by atoms with Gasteiger partial charge in [0, 0.05) is 18.1 Å². The van der Waals surface area contributed by atoms with Crippen LogP contribution in [0.2, 0.25) is 0 Å². The fourth-order valence-electron chi connectivity index (χ4n) is 5.75.